The summed E-state index contributed by atoms with van der Waals surface area (Å²) in [5, 5.41) is 10.1. The van der Waals surface area contributed by atoms with Gasteiger partial charge in [0.2, 0.25) is 0 Å². The van der Waals surface area contributed by atoms with Gasteiger partial charge in [0, 0.05) is 18.0 Å². The molecule has 0 amide bonds. The number of nitrogens with zero attached hydrogens (tertiary/aromatic N) is 3. The van der Waals surface area contributed by atoms with E-state index in [4.69, 9.17) is 14.8 Å². The number of carboxylic acid groups (broad SMARTS) is 1. The molecule has 0 saturated carbocycles. The molecule has 1 N–H and O–H groups in total. The third kappa shape index (κ3) is 4.33. The number of aromatic carboxylic acids is 1. The highest BCUT2D eigenvalue weighted by atomic mass is 32.2. The molecule has 7 heteroatoms. The van der Waals surface area contributed by atoms with Gasteiger partial charge in [-0.1, -0.05) is 49.0 Å². The van der Waals surface area contributed by atoms with Gasteiger partial charge in [0.1, 0.15) is 18.4 Å². The summed E-state index contributed by atoms with van der Waals surface area (Å²) in [7, 11) is 0. The first-order valence-corrected chi connectivity index (χ1v) is 12.1. The lowest BCUT2D eigenvalue weighted by Crippen LogP contribution is -2.35. The third-order valence-electron chi connectivity index (χ3n) is 6.16. The molecule has 0 unspecified atom stereocenters. The van der Waals surface area contributed by atoms with Crippen molar-refractivity contribution >= 4 is 22.9 Å². The molecule has 1 aromatic heterocycles. The van der Waals surface area contributed by atoms with Crippen molar-refractivity contribution in [2.45, 2.75) is 38.1 Å². The van der Waals surface area contributed by atoms with E-state index in [2.05, 4.69) is 35.0 Å². The topological polar surface area (TPSA) is 75.0 Å². The van der Waals surface area contributed by atoms with Gasteiger partial charge >= 0.3 is 5.97 Å². The zero-order valence-electron chi connectivity index (χ0n) is 18.3. The van der Waals surface area contributed by atoms with Gasteiger partial charge in [0.15, 0.2) is 5.17 Å². The van der Waals surface area contributed by atoms with Crippen LogP contribution in [-0.4, -0.2) is 37.9 Å². The van der Waals surface area contributed by atoms with Crippen LogP contribution in [0.5, 0.6) is 5.75 Å². The number of benzene rings is 2. The van der Waals surface area contributed by atoms with Crippen LogP contribution in [0.15, 0.2) is 77.9 Å². The van der Waals surface area contributed by atoms with Crippen molar-refractivity contribution in [2.75, 3.05) is 5.75 Å². The van der Waals surface area contributed by atoms with Crippen LogP contribution >= 0.6 is 11.8 Å². The van der Waals surface area contributed by atoms with Crippen molar-refractivity contribution in [3.63, 3.8) is 0 Å². The van der Waals surface area contributed by atoms with Gasteiger partial charge < -0.3 is 14.7 Å². The van der Waals surface area contributed by atoms with Crippen LogP contribution in [0.3, 0.4) is 0 Å². The molecule has 0 spiro atoms. The molecule has 6 nitrogen and oxygen atoms in total. The second-order valence-corrected chi connectivity index (χ2v) is 9.18. The van der Waals surface area contributed by atoms with Crippen molar-refractivity contribution in [3.8, 4) is 5.75 Å². The Hall–Kier alpha value is -3.32. The van der Waals surface area contributed by atoms with E-state index in [-0.39, 0.29) is 17.6 Å². The smallest absolute Gasteiger partial charge is 0.335 e. The molecule has 33 heavy (non-hydrogen) atoms. The normalized spacial score (nSPS) is 21.5. The van der Waals surface area contributed by atoms with E-state index in [9.17, 15) is 4.79 Å². The number of aliphatic imine (C=N–C) groups is 1. The van der Waals surface area contributed by atoms with E-state index < -0.39 is 5.97 Å². The summed E-state index contributed by atoms with van der Waals surface area (Å²) in [6.07, 6.45) is 2.92. The Bertz CT molecular complexity index is 1150. The van der Waals surface area contributed by atoms with Crippen LogP contribution in [0.25, 0.3) is 0 Å². The van der Waals surface area contributed by atoms with Crippen LogP contribution < -0.4 is 4.74 Å². The van der Waals surface area contributed by atoms with Crippen LogP contribution in [0.4, 0.5) is 0 Å². The maximum absolute atomic E-state index is 11.0. The Kier molecular flexibility index (Phi) is 6.05. The molecule has 0 radical (unpaired) electrons. The predicted octanol–water partition coefficient (Wildman–Crippen LogP) is 5.34. The zero-order valence-corrected chi connectivity index (χ0v) is 19.1. The Morgan fingerprint density at radius 2 is 1.91 bits per heavy atom. The van der Waals surface area contributed by atoms with Gasteiger partial charge in [-0.25, -0.2) is 4.79 Å². The largest absolute Gasteiger partial charge is 0.489 e. The van der Waals surface area contributed by atoms with Crippen LogP contribution in [0.2, 0.25) is 0 Å². The number of hydrogen-bond acceptors (Lipinski definition) is 6. The molecule has 168 valence electrons. The van der Waals surface area contributed by atoms with Gasteiger partial charge in [-0.05, 0) is 53.9 Å². The lowest BCUT2D eigenvalue weighted by Gasteiger charge is -2.32. The molecular formula is C26H25N3O3S. The lowest BCUT2D eigenvalue weighted by atomic mass is 9.95. The fourth-order valence-corrected chi connectivity index (χ4v) is 5.72. The Balaban J connectivity index is 1.34. The number of amidine groups is 1. The molecule has 1 fully saturated rings. The molecule has 5 rings (SSSR count). The highest BCUT2D eigenvalue weighted by Gasteiger charge is 2.45. The number of aromatic nitrogens is 1. The van der Waals surface area contributed by atoms with Gasteiger partial charge in [-0.3, -0.25) is 9.98 Å². The SMILES string of the molecule is CC[C@@H]1CSC2=N[C@@H](c3ccccn3)[C@@H](c3ccc(OCc4ccc(C(=O)O)cc4)cc3)N21. The molecular weight excluding hydrogens is 434 g/mol. The summed E-state index contributed by atoms with van der Waals surface area (Å²) in [6, 6.07) is 21.6. The van der Waals surface area contributed by atoms with Crippen molar-refractivity contribution in [1.82, 2.24) is 9.88 Å². The fraction of sp³-hybridized carbons (Fsp3) is 0.269. The van der Waals surface area contributed by atoms with Crippen molar-refractivity contribution in [2.24, 2.45) is 4.99 Å². The number of fused-ring (bicyclic) bond motifs is 1. The van der Waals surface area contributed by atoms with Crippen molar-refractivity contribution in [3.05, 3.63) is 95.3 Å². The van der Waals surface area contributed by atoms with Crippen LogP contribution in [0.1, 0.15) is 52.6 Å². The van der Waals surface area contributed by atoms with Gasteiger partial charge in [-0.2, -0.15) is 0 Å². The number of carboxylic acids is 1. The first-order chi connectivity index (χ1) is 16.1. The summed E-state index contributed by atoms with van der Waals surface area (Å²) in [4.78, 5) is 23.2. The lowest BCUT2D eigenvalue weighted by molar-refractivity contribution is 0.0697. The quantitative estimate of drug-likeness (QED) is 0.514. The highest BCUT2D eigenvalue weighted by molar-refractivity contribution is 8.14. The van der Waals surface area contributed by atoms with Crippen LogP contribution in [0, 0.1) is 0 Å². The first kappa shape index (κ1) is 21.5. The number of ether oxygens (including phenoxy) is 1. The number of pyridine rings is 1. The van der Waals surface area contributed by atoms with E-state index >= 15 is 0 Å². The minimum Gasteiger partial charge on any atom is -0.489 e. The van der Waals surface area contributed by atoms with Gasteiger partial charge in [0.25, 0.3) is 0 Å². The summed E-state index contributed by atoms with van der Waals surface area (Å²) in [6.45, 7) is 2.62. The van der Waals surface area contributed by atoms with Gasteiger partial charge in [-0.15, -0.1) is 0 Å². The molecule has 3 atom stereocenters. The van der Waals surface area contributed by atoms with Gasteiger partial charge in [0.05, 0.1) is 17.3 Å². The number of thioether (sulfide) groups is 1. The number of rotatable bonds is 7. The minimum atomic E-state index is -0.928. The molecule has 2 aliphatic rings. The maximum atomic E-state index is 11.0. The molecule has 1 saturated heterocycles. The second kappa shape index (κ2) is 9.27. The van der Waals surface area contributed by atoms with E-state index in [1.54, 1.807) is 24.3 Å². The summed E-state index contributed by atoms with van der Waals surface area (Å²) < 4.78 is 5.94. The Labute approximate surface area is 197 Å². The summed E-state index contributed by atoms with van der Waals surface area (Å²) in [5.74, 6) is 0.920. The van der Waals surface area contributed by atoms with Crippen molar-refractivity contribution in [1.29, 1.82) is 0 Å². The average Bonchev–Trinajstić information content (AvgIpc) is 3.43. The molecule has 2 aromatic carbocycles. The molecule has 0 aliphatic carbocycles. The highest BCUT2D eigenvalue weighted by Crippen LogP contribution is 2.48. The number of carbonyl (C=O) groups is 1. The molecule has 3 aromatic rings. The van der Waals surface area contributed by atoms with E-state index in [1.807, 2.05) is 42.2 Å². The second-order valence-electron chi connectivity index (χ2n) is 8.20. The molecule has 3 heterocycles. The van der Waals surface area contributed by atoms with E-state index in [0.717, 1.165) is 34.3 Å². The maximum Gasteiger partial charge on any atom is 0.335 e. The van der Waals surface area contributed by atoms with E-state index in [0.29, 0.717) is 12.6 Å². The summed E-state index contributed by atoms with van der Waals surface area (Å²) >= 11 is 1.84. The monoisotopic (exact) mass is 459 g/mol. The van der Waals surface area contributed by atoms with E-state index in [1.165, 1.54) is 5.56 Å². The fourth-order valence-electron chi connectivity index (χ4n) is 4.38. The zero-order chi connectivity index (χ0) is 22.8. The summed E-state index contributed by atoms with van der Waals surface area (Å²) in [5.41, 5.74) is 3.38. The Morgan fingerprint density at radius 3 is 2.58 bits per heavy atom. The minimum absolute atomic E-state index is 0.0254. The van der Waals surface area contributed by atoms with Crippen molar-refractivity contribution < 1.29 is 14.6 Å². The first-order valence-electron chi connectivity index (χ1n) is 11.1. The Morgan fingerprint density at radius 1 is 1.12 bits per heavy atom. The van der Waals surface area contributed by atoms with Crippen LogP contribution in [-0.2, 0) is 6.61 Å². The third-order valence-corrected chi connectivity index (χ3v) is 7.28. The standard InChI is InChI=1S/C26H25N3O3S/c1-2-20-16-33-26-28-23(22-5-3-4-14-27-22)24(29(20)26)18-10-12-21(13-11-18)32-15-17-6-8-19(9-7-17)25(30)31/h3-14,20,23-24H,2,15-16H2,1H3,(H,30,31)/t20-,23+,24-/m1/s1. The average molecular weight is 460 g/mol. The number of hydrogen-bond donors (Lipinski definition) is 1. The molecule has 2 aliphatic heterocycles. The molecule has 0 bridgehead atoms. The predicted molar refractivity (Wildman–Crippen MR) is 130 cm³/mol.